The van der Waals surface area contributed by atoms with Gasteiger partial charge < -0.3 is 5.73 Å². The monoisotopic (exact) mass is 281 g/mol. The van der Waals surface area contributed by atoms with Crippen molar-refractivity contribution in [3.05, 3.63) is 16.1 Å². The van der Waals surface area contributed by atoms with Crippen LogP contribution in [0.4, 0.5) is 0 Å². The van der Waals surface area contributed by atoms with Crippen LogP contribution in [0.1, 0.15) is 51.2 Å². The maximum absolute atomic E-state index is 6.04. The third-order valence-corrected chi connectivity index (χ3v) is 4.80. The van der Waals surface area contributed by atoms with E-state index in [0.29, 0.717) is 12.0 Å². The van der Waals surface area contributed by atoms with Crippen molar-refractivity contribution in [3.8, 4) is 0 Å². The minimum absolute atomic E-state index is 0.158. The summed E-state index contributed by atoms with van der Waals surface area (Å²) in [6, 6.07) is 0.309. The number of likely N-dealkylation sites (tertiary alicyclic amines) is 1. The van der Waals surface area contributed by atoms with Crippen LogP contribution < -0.4 is 5.73 Å². The second-order valence-corrected chi connectivity index (χ2v) is 7.82. The van der Waals surface area contributed by atoms with Crippen molar-refractivity contribution in [2.45, 2.75) is 58.5 Å². The van der Waals surface area contributed by atoms with Gasteiger partial charge in [0.05, 0.1) is 12.2 Å². The molecule has 3 nitrogen and oxygen atoms in total. The Morgan fingerprint density at radius 1 is 1.53 bits per heavy atom. The summed E-state index contributed by atoms with van der Waals surface area (Å²) in [4.78, 5) is 7.31. The molecule has 2 heterocycles. The van der Waals surface area contributed by atoms with Crippen LogP contribution in [-0.2, 0) is 12.0 Å². The Morgan fingerprint density at radius 2 is 2.26 bits per heavy atom. The molecule has 1 aliphatic heterocycles. The van der Waals surface area contributed by atoms with Gasteiger partial charge in [-0.2, -0.15) is 0 Å². The Balaban J connectivity index is 1.95. The highest BCUT2D eigenvalue weighted by Gasteiger charge is 2.24. The van der Waals surface area contributed by atoms with Gasteiger partial charge in [0, 0.05) is 23.4 Å². The van der Waals surface area contributed by atoms with Crippen molar-refractivity contribution in [1.82, 2.24) is 9.88 Å². The maximum Gasteiger partial charge on any atom is 0.107 e. The summed E-state index contributed by atoms with van der Waals surface area (Å²) in [6.07, 6.45) is 2.54. The lowest BCUT2D eigenvalue weighted by Crippen LogP contribution is -2.41. The van der Waals surface area contributed by atoms with E-state index in [1.54, 1.807) is 11.3 Å². The Labute approximate surface area is 121 Å². The van der Waals surface area contributed by atoms with Crippen molar-refractivity contribution >= 4 is 11.3 Å². The molecule has 2 unspecified atom stereocenters. The van der Waals surface area contributed by atoms with Gasteiger partial charge in [-0.05, 0) is 32.2 Å². The lowest BCUT2D eigenvalue weighted by Gasteiger charge is -2.34. The van der Waals surface area contributed by atoms with Crippen LogP contribution in [0.25, 0.3) is 0 Å². The van der Waals surface area contributed by atoms with Crippen molar-refractivity contribution in [2.24, 2.45) is 11.7 Å². The first-order chi connectivity index (χ1) is 8.86. The molecule has 1 aromatic rings. The first-order valence-electron chi connectivity index (χ1n) is 7.29. The highest BCUT2D eigenvalue weighted by Crippen LogP contribution is 2.26. The van der Waals surface area contributed by atoms with E-state index in [1.807, 2.05) is 0 Å². The average molecular weight is 281 g/mol. The van der Waals surface area contributed by atoms with E-state index in [1.165, 1.54) is 30.1 Å². The van der Waals surface area contributed by atoms with E-state index in [0.717, 1.165) is 13.1 Å². The predicted octanol–water partition coefficient (Wildman–Crippen LogP) is 3.00. The molecule has 0 saturated carbocycles. The highest BCUT2D eigenvalue weighted by atomic mass is 32.1. The largest absolute Gasteiger partial charge is 0.328 e. The third-order valence-electron chi connectivity index (χ3n) is 3.96. The number of nitrogens with zero attached hydrogens (tertiary/aromatic N) is 2. The van der Waals surface area contributed by atoms with Crippen LogP contribution in [0, 0.1) is 5.92 Å². The van der Waals surface area contributed by atoms with Crippen molar-refractivity contribution < 1.29 is 0 Å². The molecule has 0 aromatic carbocycles. The van der Waals surface area contributed by atoms with E-state index in [-0.39, 0.29) is 5.41 Å². The van der Waals surface area contributed by atoms with Gasteiger partial charge in [0.25, 0.3) is 0 Å². The standard InChI is InChI=1S/C15H27N3S/c1-11(16)12-6-5-7-18(8-12)9-14-17-13(10-19-14)15(2,3)4/h10-12H,5-9,16H2,1-4H3. The minimum Gasteiger partial charge on any atom is -0.328 e. The molecule has 2 N–H and O–H groups in total. The molecule has 0 aliphatic carbocycles. The predicted molar refractivity (Wildman–Crippen MR) is 82.5 cm³/mol. The number of thiazole rings is 1. The van der Waals surface area contributed by atoms with Crippen LogP contribution in [0.3, 0.4) is 0 Å². The van der Waals surface area contributed by atoms with Crippen molar-refractivity contribution in [1.29, 1.82) is 0 Å². The minimum atomic E-state index is 0.158. The fourth-order valence-electron chi connectivity index (χ4n) is 2.58. The molecule has 0 amide bonds. The fourth-order valence-corrected chi connectivity index (χ4v) is 3.65. The summed E-state index contributed by atoms with van der Waals surface area (Å²) in [7, 11) is 0. The highest BCUT2D eigenvalue weighted by molar-refractivity contribution is 7.09. The molecule has 2 atom stereocenters. The lowest BCUT2D eigenvalue weighted by atomic mass is 9.92. The Morgan fingerprint density at radius 3 is 2.84 bits per heavy atom. The van der Waals surface area contributed by atoms with Crippen molar-refractivity contribution in [3.63, 3.8) is 0 Å². The van der Waals surface area contributed by atoms with E-state index >= 15 is 0 Å². The van der Waals surface area contributed by atoms with Gasteiger partial charge in [-0.15, -0.1) is 11.3 Å². The summed E-state index contributed by atoms with van der Waals surface area (Å²) in [5.74, 6) is 0.649. The van der Waals surface area contributed by atoms with Gasteiger partial charge in [0.2, 0.25) is 0 Å². The zero-order valence-corrected chi connectivity index (χ0v) is 13.5. The summed E-state index contributed by atoms with van der Waals surface area (Å²) < 4.78 is 0. The second kappa shape index (κ2) is 5.90. The number of piperidine rings is 1. The molecule has 19 heavy (non-hydrogen) atoms. The molecular formula is C15H27N3S. The molecule has 1 aromatic heterocycles. The Bertz CT molecular complexity index is 406. The summed E-state index contributed by atoms with van der Waals surface area (Å²) in [5.41, 5.74) is 7.42. The number of aromatic nitrogens is 1. The van der Waals surface area contributed by atoms with E-state index in [4.69, 9.17) is 10.7 Å². The molecule has 108 valence electrons. The van der Waals surface area contributed by atoms with Crippen LogP contribution >= 0.6 is 11.3 Å². The van der Waals surface area contributed by atoms with Gasteiger partial charge in [-0.3, -0.25) is 4.90 Å². The molecule has 0 spiro atoms. The van der Waals surface area contributed by atoms with Gasteiger partial charge in [0.1, 0.15) is 5.01 Å². The molecule has 1 aliphatic rings. The van der Waals surface area contributed by atoms with E-state index in [2.05, 4.69) is 38.0 Å². The van der Waals surface area contributed by atoms with E-state index in [9.17, 15) is 0 Å². The smallest absolute Gasteiger partial charge is 0.107 e. The summed E-state index contributed by atoms with van der Waals surface area (Å²) >= 11 is 1.80. The third kappa shape index (κ3) is 4.01. The van der Waals surface area contributed by atoms with Crippen molar-refractivity contribution in [2.75, 3.05) is 13.1 Å². The van der Waals surface area contributed by atoms with Gasteiger partial charge >= 0.3 is 0 Å². The Hall–Kier alpha value is -0.450. The van der Waals surface area contributed by atoms with Crippen LogP contribution in [0.5, 0.6) is 0 Å². The molecule has 0 radical (unpaired) electrons. The topological polar surface area (TPSA) is 42.1 Å². The normalized spacial score (nSPS) is 23.5. The number of rotatable bonds is 3. The zero-order valence-electron chi connectivity index (χ0n) is 12.6. The molecule has 1 fully saturated rings. The lowest BCUT2D eigenvalue weighted by molar-refractivity contribution is 0.154. The quantitative estimate of drug-likeness (QED) is 0.926. The summed E-state index contributed by atoms with van der Waals surface area (Å²) in [6.45, 7) is 12.1. The Kier molecular flexibility index (Phi) is 4.64. The first kappa shape index (κ1) is 14.9. The van der Waals surface area contributed by atoms with Gasteiger partial charge in [-0.25, -0.2) is 4.98 Å². The first-order valence-corrected chi connectivity index (χ1v) is 8.17. The number of hydrogen-bond acceptors (Lipinski definition) is 4. The van der Waals surface area contributed by atoms with Crippen LogP contribution in [0.2, 0.25) is 0 Å². The second-order valence-electron chi connectivity index (χ2n) is 6.87. The molecule has 1 saturated heterocycles. The van der Waals surface area contributed by atoms with Crippen LogP contribution in [0.15, 0.2) is 5.38 Å². The number of hydrogen-bond donors (Lipinski definition) is 1. The van der Waals surface area contributed by atoms with E-state index < -0.39 is 0 Å². The van der Waals surface area contributed by atoms with Crippen LogP contribution in [-0.4, -0.2) is 29.0 Å². The SMILES string of the molecule is CC(N)C1CCCN(Cc2nc(C(C)(C)C)cs2)C1. The summed E-state index contributed by atoms with van der Waals surface area (Å²) in [5, 5.41) is 3.46. The zero-order chi connectivity index (χ0) is 14.0. The number of nitrogens with two attached hydrogens (primary N) is 1. The average Bonchev–Trinajstić information content (AvgIpc) is 2.77. The molecule has 2 rings (SSSR count). The van der Waals surface area contributed by atoms with Gasteiger partial charge in [0.15, 0.2) is 0 Å². The van der Waals surface area contributed by atoms with Gasteiger partial charge in [-0.1, -0.05) is 20.8 Å². The maximum atomic E-state index is 6.04. The molecule has 0 bridgehead atoms. The fraction of sp³-hybridized carbons (Fsp3) is 0.800. The molecule has 4 heteroatoms. The molecular weight excluding hydrogens is 254 g/mol.